The van der Waals surface area contributed by atoms with Crippen molar-refractivity contribution in [3.63, 3.8) is 0 Å². The van der Waals surface area contributed by atoms with Gasteiger partial charge in [0.1, 0.15) is 5.37 Å². The highest BCUT2D eigenvalue weighted by atomic mass is 35.5. The Morgan fingerprint density at radius 3 is 2.76 bits per heavy atom. The largest absolute Gasteiger partial charge is 0.322 e. The molecular formula is C19H16ClN3OS. The van der Waals surface area contributed by atoms with Gasteiger partial charge in [-0.25, -0.2) is 4.98 Å². The van der Waals surface area contributed by atoms with Crippen molar-refractivity contribution in [1.82, 2.24) is 14.5 Å². The fourth-order valence-electron chi connectivity index (χ4n) is 2.96. The van der Waals surface area contributed by atoms with Gasteiger partial charge in [0.25, 0.3) is 0 Å². The average molecular weight is 370 g/mol. The molecule has 0 bridgehead atoms. The van der Waals surface area contributed by atoms with Crippen molar-refractivity contribution in [3.05, 3.63) is 83.4 Å². The van der Waals surface area contributed by atoms with Crippen LogP contribution in [0.1, 0.15) is 16.5 Å². The number of carbonyl (C=O) groups is 1. The second-order valence-corrected chi connectivity index (χ2v) is 7.38. The smallest absolute Gasteiger partial charge is 0.234 e. The van der Waals surface area contributed by atoms with E-state index in [9.17, 15) is 4.79 Å². The minimum atomic E-state index is 0.0309. The lowest BCUT2D eigenvalue weighted by molar-refractivity contribution is -0.128. The maximum Gasteiger partial charge on any atom is 0.234 e. The van der Waals surface area contributed by atoms with Crippen molar-refractivity contribution in [2.75, 3.05) is 5.75 Å². The molecule has 25 heavy (non-hydrogen) atoms. The molecule has 1 aromatic heterocycles. The van der Waals surface area contributed by atoms with Gasteiger partial charge >= 0.3 is 0 Å². The normalized spacial score (nSPS) is 17.2. The van der Waals surface area contributed by atoms with Gasteiger partial charge in [-0.15, -0.1) is 11.8 Å². The second kappa shape index (κ2) is 6.94. The number of nitrogens with zero attached hydrogens (tertiary/aromatic N) is 3. The number of benzene rings is 2. The van der Waals surface area contributed by atoms with Gasteiger partial charge in [-0.2, -0.15) is 0 Å². The van der Waals surface area contributed by atoms with Gasteiger partial charge < -0.3 is 9.47 Å². The SMILES string of the molecule is O=C1CSC(c2ccc(-n3ccnc3)cc2)N1Cc1cccc(Cl)c1. The summed E-state index contributed by atoms with van der Waals surface area (Å²) in [6, 6.07) is 15.9. The quantitative estimate of drug-likeness (QED) is 0.688. The van der Waals surface area contributed by atoms with Crippen LogP contribution in [-0.2, 0) is 11.3 Å². The van der Waals surface area contributed by atoms with Crippen molar-refractivity contribution in [3.8, 4) is 5.69 Å². The van der Waals surface area contributed by atoms with Crippen molar-refractivity contribution in [2.45, 2.75) is 11.9 Å². The Bertz CT molecular complexity index is 880. The van der Waals surface area contributed by atoms with Gasteiger partial charge in [-0.3, -0.25) is 4.79 Å². The first kappa shape index (κ1) is 16.2. The minimum absolute atomic E-state index is 0.0309. The second-order valence-electron chi connectivity index (χ2n) is 5.88. The predicted molar refractivity (Wildman–Crippen MR) is 101 cm³/mol. The lowest BCUT2D eigenvalue weighted by Gasteiger charge is -2.24. The Labute approximate surface area is 155 Å². The van der Waals surface area contributed by atoms with E-state index in [0.29, 0.717) is 17.3 Å². The zero-order chi connectivity index (χ0) is 17.2. The molecule has 1 amide bonds. The van der Waals surface area contributed by atoms with Gasteiger partial charge in [-0.05, 0) is 35.4 Å². The van der Waals surface area contributed by atoms with Crippen LogP contribution in [0.5, 0.6) is 0 Å². The highest BCUT2D eigenvalue weighted by Crippen LogP contribution is 2.39. The monoisotopic (exact) mass is 369 g/mol. The molecule has 6 heteroatoms. The molecule has 1 aliphatic heterocycles. The van der Waals surface area contributed by atoms with Gasteiger partial charge in [0.2, 0.25) is 5.91 Å². The predicted octanol–water partition coefficient (Wildman–Crippen LogP) is 4.30. The van der Waals surface area contributed by atoms with Crippen LogP contribution in [0, 0.1) is 0 Å². The van der Waals surface area contributed by atoms with Crippen LogP contribution in [0.15, 0.2) is 67.3 Å². The molecule has 1 atom stereocenters. The summed E-state index contributed by atoms with van der Waals surface area (Å²) in [6.07, 6.45) is 5.44. The van der Waals surface area contributed by atoms with Crippen LogP contribution >= 0.6 is 23.4 Å². The molecule has 1 fully saturated rings. The molecule has 4 rings (SSSR count). The first-order valence-electron chi connectivity index (χ1n) is 7.94. The summed E-state index contributed by atoms with van der Waals surface area (Å²) in [5.74, 6) is 0.669. The number of thioether (sulfide) groups is 1. The molecule has 126 valence electrons. The van der Waals surface area contributed by atoms with E-state index in [0.717, 1.165) is 16.8 Å². The zero-order valence-corrected chi connectivity index (χ0v) is 15.0. The van der Waals surface area contributed by atoms with Crippen molar-refractivity contribution in [1.29, 1.82) is 0 Å². The maximum atomic E-state index is 12.4. The van der Waals surface area contributed by atoms with Gasteiger partial charge in [-0.1, -0.05) is 35.9 Å². The summed E-state index contributed by atoms with van der Waals surface area (Å²) in [7, 11) is 0. The molecule has 0 saturated carbocycles. The van der Waals surface area contributed by atoms with E-state index in [1.54, 1.807) is 24.3 Å². The number of imidazole rings is 1. The van der Waals surface area contributed by atoms with Crippen molar-refractivity contribution >= 4 is 29.3 Å². The fourth-order valence-corrected chi connectivity index (χ4v) is 4.36. The zero-order valence-electron chi connectivity index (χ0n) is 13.4. The van der Waals surface area contributed by atoms with Crippen LogP contribution < -0.4 is 0 Å². The third-order valence-electron chi connectivity index (χ3n) is 4.19. The molecule has 2 heterocycles. The molecule has 0 spiro atoms. The molecular weight excluding hydrogens is 354 g/mol. The summed E-state index contributed by atoms with van der Waals surface area (Å²) in [6.45, 7) is 0.570. The van der Waals surface area contributed by atoms with E-state index in [1.807, 2.05) is 39.9 Å². The maximum absolute atomic E-state index is 12.4. The van der Waals surface area contributed by atoms with Crippen molar-refractivity contribution in [2.24, 2.45) is 0 Å². The molecule has 1 saturated heterocycles. The molecule has 0 N–H and O–H groups in total. The third-order valence-corrected chi connectivity index (χ3v) is 5.68. The standard InChI is InChI=1S/C19H16ClN3OS/c20-16-3-1-2-14(10-16)11-23-18(24)12-25-19(23)15-4-6-17(7-5-15)22-9-8-21-13-22/h1-10,13,19H,11-12H2. The van der Waals surface area contributed by atoms with Gasteiger partial charge in [0.15, 0.2) is 0 Å². The molecule has 4 nitrogen and oxygen atoms in total. The molecule has 2 aromatic carbocycles. The van der Waals surface area contributed by atoms with E-state index in [4.69, 9.17) is 11.6 Å². The topological polar surface area (TPSA) is 38.1 Å². The van der Waals surface area contributed by atoms with Crippen LogP contribution in [-0.4, -0.2) is 26.1 Å². The van der Waals surface area contributed by atoms with Gasteiger partial charge in [0.05, 0.1) is 12.1 Å². The molecule has 3 aromatic rings. The van der Waals surface area contributed by atoms with E-state index >= 15 is 0 Å². The molecule has 1 aliphatic rings. The van der Waals surface area contributed by atoms with Crippen LogP contribution in [0.4, 0.5) is 0 Å². The van der Waals surface area contributed by atoms with E-state index in [1.165, 1.54) is 0 Å². The number of aromatic nitrogens is 2. The first-order valence-corrected chi connectivity index (χ1v) is 9.37. The lowest BCUT2D eigenvalue weighted by Crippen LogP contribution is -2.27. The summed E-state index contributed by atoms with van der Waals surface area (Å²) in [5, 5.41) is 0.723. The number of rotatable bonds is 4. The number of hydrogen-bond acceptors (Lipinski definition) is 3. The number of carbonyl (C=O) groups excluding carboxylic acids is 1. The summed E-state index contributed by atoms with van der Waals surface area (Å²) < 4.78 is 1.96. The van der Waals surface area contributed by atoms with Crippen molar-refractivity contribution < 1.29 is 4.79 Å². The molecule has 0 radical (unpaired) electrons. The first-order chi connectivity index (χ1) is 12.2. The Morgan fingerprint density at radius 2 is 2.04 bits per heavy atom. The third kappa shape index (κ3) is 3.43. The lowest BCUT2D eigenvalue weighted by atomic mass is 10.1. The molecule has 1 unspecified atom stereocenters. The number of hydrogen-bond donors (Lipinski definition) is 0. The summed E-state index contributed by atoms with van der Waals surface area (Å²) in [4.78, 5) is 18.3. The van der Waals surface area contributed by atoms with E-state index < -0.39 is 0 Å². The Hall–Kier alpha value is -2.24. The fraction of sp³-hybridized carbons (Fsp3) is 0.158. The van der Waals surface area contributed by atoms with Crippen LogP contribution in [0.2, 0.25) is 5.02 Å². The van der Waals surface area contributed by atoms with E-state index in [2.05, 4.69) is 29.2 Å². The highest BCUT2D eigenvalue weighted by Gasteiger charge is 2.32. The minimum Gasteiger partial charge on any atom is -0.322 e. The Morgan fingerprint density at radius 1 is 1.20 bits per heavy atom. The Kier molecular flexibility index (Phi) is 4.51. The van der Waals surface area contributed by atoms with Crippen LogP contribution in [0.3, 0.4) is 0 Å². The Balaban J connectivity index is 1.57. The van der Waals surface area contributed by atoms with Crippen LogP contribution in [0.25, 0.3) is 5.69 Å². The number of amides is 1. The van der Waals surface area contributed by atoms with E-state index in [-0.39, 0.29) is 11.3 Å². The van der Waals surface area contributed by atoms with Gasteiger partial charge in [0, 0.05) is 29.6 Å². The summed E-state index contributed by atoms with van der Waals surface area (Å²) in [5.41, 5.74) is 3.22. The average Bonchev–Trinajstić information content (AvgIpc) is 3.27. The molecule has 0 aliphatic carbocycles. The highest BCUT2D eigenvalue weighted by molar-refractivity contribution is 8.00. The summed E-state index contributed by atoms with van der Waals surface area (Å²) >= 11 is 7.73. The number of halogens is 1.